The average Bonchev–Trinajstić information content (AvgIpc) is 2.37. The van der Waals surface area contributed by atoms with Crippen LogP contribution in [0.2, 0.25) is 0 Å². The molecule has 0 unspecified atom stereocenters. The van der Waals surface area contributed by atoms with Crippen molar-refractivity contribution in [2.75, 3.05) is 6.54 Å². The van der Waals surface area contributed by atoms with Gasteiger partial charge in [0.2, 0.25) is 0 Å². The Kier molecular flexibility index (Phi) is 2.87. The van der Waals surface area contributed by atoms with Crippen LogP contribution in [0.1, 0.15) is 13.8 Å². The van der Waals surface area contributed by atoms with E-state index in [2.05, 4.69) is 10.0 Å². The van der Waals surface area contributed by atoms with E-state index in [-0.39, 0.29) is 6.54 Å². The second-order valence-electron chi connectivity index (χ2n) is 3.19. The van der Waals surface area contributed by atoms with Crippen molar-refractivity contribution >= 4 is 6.29 Å². The van der Waals surface area contributed by atoms with E-state index < -0.39 is 18.0 Å². The third-order valence-corrected chi connectivity index (χ3v) is 1.68. The number of carbonyl (C=O) groups excluding carboxylic acids is 1. The maximum Gasteiger partial charge on any atom is 0.164 e. The van der Waals surface area contributed by atoms with Crippen molar-refractivity contribution in [2.24, 2.45) is 5.11 Å². The third-order valence-electron chi connectivity index (χ3n) is 1.68. The molecule has 0 radical (unpaired) electrons. The molecule has 1 fully saturated rings. The first-order valence-electron chi connectivity index (χ1n) is 3.91. The molecular weight excluding hydrogens is 174 g/mol. The van der Waals surface area contributed by atoms with Crippen molar-refractivity contribution in [1.29, 1.82) is 0 Å². The SMILES string of the molecule is CC1(C)O[C@@H](C=O)[C@H](CN=[N+]=[N-])O1. The summed E-state index contributed by atoms with van der Waals surface area (Å²) >= 11 is 0. The molecule has 6 heteroatoms. The van der Waals surface area contributed by atoms with Crippen LogP contribution in [-0.2, 0) is 14.3 Å². The van der Waals surface area contributed by atoms with Crippen LogP contribution in [0, 0.1) is 0 Å². The molecule has 0 N–H and O–H groups in total. The molecular formula is C7H11N3O3. The molecule has 0 amide bonds. The first-order chi connectivity index (χ1) is 6.09. The highest BCUT2D eigenvalue weighted by Crippen LogP contribution is 2.27. The highest BCUT2D eigenvalue weighted by Gasteiger charge is 2.40. The van der Waals surface area contributed by atoms with Gasteiger partial charge in [0.05, 0.1) is 12.6 Å². The first kappa shape index (κ1) is 9.98. The van der Waals surface area contributed by atoms with Crippen LogP contribution in [0.25, 0.3) is 10.4 Å². The standard InChI is InChI=1S/C7H11N3O3/c1-7(2)12-5(3-9-10-8)6(4-11)13-7/h4-6H,3H2,1-2H3/t5-,6-/m0/s1. The molecule has 0 bridgehead atoms. The molecule has 0 saturated carbocycles. The Morgan fingerprint density at radius 1 is 1.62 bits per heavy atom. The topological polar surface area (TPSA) is 84.3 Å². The van der Waals surface area contributed by atoms with Gasteiger partial charge in [0, 0.05) is 4.91 Å². The normalized spacial score (nSPS) is 30.9. The molecule has 0 aromatic heterocycles. The predicted octanol–water partition coefficient (Wildman–Crippen LogP) is 1.02. The lowest BCUT2D eigenvalue weighted by atomic mass is 10.2. The maximum atomic E-state index is 10.5. The summed E-state index contributed by atoms with van der Waals surface area (Å²) in [4.78, 5) is 13.1. The molecule has 2 atom stereocenters. The summed E-state index contributed by atoms with van der Waals surface area (Å²) in [6.07, 6.45) is -0.448. The van der Waals surface area contributed by atoms with Gasteiger partial charge in [0.15, 0.2) is 12.1 Å². The Labute approximate surface area is 75.4 Å². The molecule has 13 heavy (non-hydrogen) atoms. The van der Waals surface area contributed by atoms with Crippen molar-refractivity contribution in [3.8, 4) is 0 Å². The fourth-order valence-corrected chi connectivity index (χ4v) is 1.24. The molecule has 1 aliphatic heterocycles. The summed E-state index contributed by atoms with van der Waals surface area (Å²) < 4.78 is 10.6. The number of carbonyl (C=O) groups is 1. The number of rotatable bonds is 3. The van der Waals surface area contributed by atoms with Gasteiger partial charge in [0.25, 0.3) is 0 Å². The molecule has 1 rings (SSSR count). The van der Waals surface area contributed by atoms with Gasteiger partial charge in [-0.15, -0.1) is 0 Å². The average molecular weight is 185 g/mol. The molecule has 0 aromatic rings. The molecule has 1 heterocycles. The fraction of sp³-hybridized carbons (Fsp3) is 0.857. The van der Waals surface area contributed by atoms with E-state index in [1.54, 1.807) is 13.8 Å². The van der Waals surface area contributed by atoms with Crippen molar-refractivity contribution in [2.45, 2.75) is 31.8 Å². The molecule has 1 aliphatic rings. The predicted molar refractivity (Wildman–Crippen MR) is 43.9 cm³/mol. The summed E-state index contributed by atoms with van der Waals surface area (Å²) in [6.45, 7) is 3.53. The van der Waals surface area contributed by atoms with Gasteiger partial charge >= 0.3 is 0 Å². The lowest BCUT2D eigenvalue weighted by molar-refractivity contribution is -0.149. The Morgan fingerprint density at radius 3 is 2.85 bits per heavy atom. The van der Waals surface area contributed by atoms with E-state index >= 15 is 0 Å². The highest BCUT2D eigenvalue weighted by atomic mass is 16.8. The monoisotopic (exact) mass is 185 g/mol. The van der Waals surface area contributed by atoms with Crippen LogP contribution in [0.4, 0.5) is 0 Å². The van der Waals surface area contributed by atoms with Gasteiger partial charge in [-0.2, -0.15) is 0 Å². The summed E-state index contributed by atoms with van der Waals surface area (Å²) in [5, 5.41) is 3.33. The van der Waals surface area contributed by atoms with Gasteiger partial charge in [-0.3, -0.25) is 0 Å². The Morgan fingerprint density at radius 2 is 2.31 bits per heavy atom. The quantitative estimate of drug-likeness (QED) is 0.284. The first-order valence-corrected chi connectivity index (χ1v) is 3.91. The summed E-state index contributed by atoms with van der Waals surface area (Å²) in [5.74, 6) is -0.777. The number of hydrogen-bond acceptors (Lipinski definition) is 4. The minimum atomic E-state index is -0.777. The molecule has 1 saturated heterocycles. The molecule has 0 aliphatic carbocycles. The van der Waals surface area contributed by atoms with Crippen LogP contribution >= 0.6 is 0 Å². The van der Waals surface area contributed by atoms with Crippen molar-refractivity contribution in [3.05, 3.63) is 10.4 Å². The minimum absolute atomic E-state index is 0.114. The second kappa shape index (κ2) is 3.74. The van der Waals surface area contributed by atoms with E-state index in [0.29, 0.717) is 6.29 Å². The van der Waals surface area contributed by atoms with Crippen LogP contribution in [0.3, 0.4) is 0 Å². The summed E-state index contributed by atoms with van der Waals surface area (Å²) in [5.41, 5.74) is 8.09. The van der Waals surface area contributed by atoms with Crippen LogP contribution in [0.15, 0.2) is 5.11 Å². The van der Waals surface area contributed by atoms with Crippen molar-refractivity contribution in [1.82, 2.24) is 0 Å². The zero-order chi connectivity index (χ0) is 9.90. The Balaban J connectivity index is 2.63. The van der Waals surface area contributed by atoms with Crippen LogP contribution < -0.4 is 0 Å². The zero-order valence-corrected chi connectivity index (χ0v) is 7.51. The van der Waals surface area contributed by atoms with Gasteiger partial charge in [-0.25, -0.2) is 0 Å². The molecule has 6 nitrogen and oxygen atoms in total. The number of nitrogens with zero attached hydrogens (tertiary/aromatic N) is 3. The lowest BCUT2D eigenvalue weighted by Crippen LogP contribution is -2.26. The molecule has 0 aromatic carbocycles. The van der Waals surface area contributed by atoms with E-state index in [0.717, 1.165) is 0 Å². The summed E-state index contributed by atoms with van der Waals surface area (Å²) in [7, 11) is 0. The van der Waals surface area contributed by atoms with Gasteiger partial charge in [0.1, 0.15) is 6.10 Å². The second-order valence-corrected chi connectivity index (χ2v) is 3.19. The Bertz CT molecular complexity index is 247. The largest absolute Gasteiger partial charge is 0.344 e. The Hall–Kier alpha value is -1.10. The van der Waals surface area contributed by atoms with E-state index in [9.17, 15) is 4.79 Å². The number of ether oxygens (including phenoxy) is 2. The maximum absolute atomic E-state index is 10.5. The number of azide groups is 1. The lowest BCUT2D eigenvalue weighted by Gasteiger charge is -2.15. The van der Waals surface area contributed by atoms with E-state index in [4.69, 9.17) is 15.0 Å². The number of hydrogen-bond donors (Lipinski definition) is 0. The fourth-order valence-electron chi connectivity index (χ4n) is 1.24. The van der Waals surface area contributed by atoms with Crippen molar-refractivity contribution in [3.63, 3.8) is 0 Å². The van der Waals surface area contributed by atoms with Gasteiger partial charge in [-0.05, 0) is 19.4 Å². The third kappa shape index (κ3) is 2.42. The number of aldehydes is 1. The van der Waals surface area contributed by atoms with Crippen LogP contribution in [-0.4, -0.2) is 30.8 Å². The van der Waals surface area contributed by atoms with Gasteiger partial charge < -0.3 is 14.3 Å². The summed E-state index contributed by atoms with van der Waals surface area (Å²) in [6, 6.07) is 0. The molecule has 72 valence electrons. The van der Waals surface area contributed by atoms with E-state index in [1.165, 1.54) is 0 Å². The minimum Gasteiger partial charge on any atom is -0.344 e. The smallest absolute Gasteiger partial charge is 0.164 e. The van der Waals surface area contributed by atoms with E-state index in [1.807, 2.05) is 0 Å². The zero-order valence-electron chi connectivity index (χ0n) is 7.51. The van der Waals surface area contributed by atoms with Crippen LogP contribution in [0.5, 0.6) is 0 Å². The molecule has 0 spiro atoms. The van der Waals surface area contributed by atoms with Gasteiger partial charge in [-0.1, -0.05) is 5.11 Å². The highest BCUT2D eigenvalue weighted by molar-refractivity contribution is 5.57. The van der Waals surface area contributed by atoms with Crippen molar-refractivity contribution < 1.29 is 14.3 Å².